The van der Waals surface area contributed by atoms with Crippen molar-refractivity contribution >= 4 is 39.4 Å². The lowest BCUT2D eigenvalue weighted by Crippen LogP contribution is -2.23. The Hall–Kier alpha value is -2.89. The molecule has 1 atom stereocenters. The Labute approximate surface area is 214 Å². The second-order valence-electron chi connectivity index (χ2n) is 8.19. The maximum atomic E-state index is 14.9. The number of methoxy groups -OCH3 is 3. The lowest BCUT2D eigenvalue weighted by molar-refractivity contribution is 0.103. The molecular formula is C27H28BrO6P. The molecule has 0 bridgehead atoms. The summed E-state index contributed by atoms with van der Waals surface area (Å²) >= 11 is 3.39. The number of aryl methyl sites for hydroxylation is 2. The first-order chi connectivity index (χ1) is 16.5. The smallest absolute Gasteiger partial charge is 0.249 e. The van der Waals surface area contributed by atoms with Crippen LogP contribution < -0.4 is 19.5 Å². The van der Waals surface area contributed by atoms with Gasteiger partial charge in [-0.15, -0.1) is 0 Å². The number of benzene rings is 3. The minimum absolute atomic E-state index is 0.0371. The van der Waals surface area contributed by atoms with Gasteiger partial charge in [0.2, 0.25) is 18.2 Å². The summed E-state index contributed by atoms with van der Waals surface area (Å²) < 4.78 is 31.7. The molecule has 0 saturated carbocycles. The molecule has 0 aliphatic heterocycles. The zero-order valence-corrected chi connectivity index (χ0v) is 23.3. The Morgan fingerprint density at radius 3 is 1.86 bits per heavy atom. The molecule has 3 aromatic rings. The number of hydrogen-bond donors (Lipinski definition) is 0. The fraction of sp³-hybridized carbons (Fsp3) is 0.259. The number of rotatable bonds is 8. The van der Waals surface area contributed by atoms with Crippen LogP contribution in [0.5, 0.6) is 17.2 Å². The topological polar surface area (TPSA) is 78.9 Å². The monoisotopic (exact) mass is 558 g/mol. The quantitative estimate of drug-likeness (QED) is 0.298. The molecule has 6 nitrogen and oxygen atoms in total. The molecule has 0 amide bonds. The molecular weight excluding hydrogens is 531 g/mol. The van der Waals surface area contributed by atoms with Crippen molar-refractivity contribution in [1.29, 1.82) is 0 Å². The first-order valence-corrected chi connectivity index (χ1v) is 13.4. The van der Waals surface area contributed by atoms with Crippen molar-refractivity contribution in [2.24, 2.45) is 0 Å². The number of carbonyl (C=O) groups is 2. The highest BCUT2D eigenvalue weighted by molar-refractivity contribution is 9.10. The van der Waals surface area contributed by atoms with Crippen LogP contribution in [0.2, 0.25) is 0 Å². The van der Waals surface area contributed by atoms with Crippen LogP contribution in [0.25, 0.3) is 0 Å². The molecule has 184 valence electrons. The number of halogens is 1. The third kappa shape index (κ3) is 4.43. The first kappa shape index (κ1) is 26.7. The molecule has 0 aliphatic carbocycles. The number of ether oxygens (including phenoxy) is 3. The van der Waals surface area contributed by atoms with Gasteiger partial charge in [0.1, 0.15) is 11.3 Å². The van der Waals surface area contributed by atoms with Crippen molar-refractivity contribution in [1.82, 2.24) is 0 Å². The Morgan fingerprint density at radius 1 is 0.743 bits per heavy atom. The molecule has 35 heavy (non-hydrogen) atoms. The van der Waals surface area contributed by atoms with E-state index in [0.717, 1.165) is 11.1 Å². The van der Waals surface area contributed by atoms with Crippen LogP contribution in [-0.2, 0) is 4.57 Å². The number of hydrogen-bond acceptors (Lipinski definition) is 6. The Kier molecular flexibility index (Phi) is 7.93. The highest BCUT2D eigenvalue weighted by Gasteiger charge is 2.47. The Morgan fingerprint density at radius 2 is 1.31 bits per heavy atom. The van der Waals surface area contributed by atoms with E-state index in [0.29, 0.717) is 15.6 Å². The van der Waals surface area contributed by atoms with Gasteiger partial charge in [-0.25, -0.2) is 0 Å². The summed E-state index contributed by atoms with van der Waals surface area (Å²) in [6.45, 7) is 7.46. The second kappa shape index (κ2) is 10.4. The van der Waals surface area contributed by atoms with Gasteiger partial charge in [0.15, 0.2) is 11.5 Å². The highest BCUT2D eigenvalue weighted by Crippen LogP contribution is 2.56. The molecule has 0 saturated heterocycles. The van der Waals surface area contributed by atoms with E-state index >= 15 is 0 Å². The largest absolute Gasteiger partial charge is 0.495 e. The molecule has 0 spiro atoms. The third-order valence-corrected chi connectivity index (χ3v) is 9.46. The van der Waals surface area contributed by atoms with Gasteiger partial charge >= 0.3 is 0 Å². The molecule has 8 heteroatoms. The van der Waals surface area contributed by atoms with Crippen molar-refractivity contribution in [3.63, 3.8) is 0 Å². The molecule has 3 aromatic carbocycles. The van der Waals surface area contributed by atoms with Crippen molar-refractivity contribution in [3.8, 4) is 17.2 Å². The zero-order chi connectivity index (χ0) is 26.1. The summed E-state index contributed by atoms with van der Waals surface area (Å²) in [4.78, 5) is 28.5. The van der Waals surface area contributed by atoms with Crippen LogP contribution in [0.3, 0.4) is 0 Å². The minimum Gasteiger partial charge on any atom is -0.495 e. The van der Waals surface area contributed by atoms with Crippen LogP contribution in [-0.4, -0.2) is 32.4 Å². The fourth-order valence-electron chi connectivity index (χ4n) is 4.23. The first-order valence-electron chi connectivity index (χ1n) is 10.9. The average molecular weight is 559 g/mol. The molecule has 0 radical (unpaired) electrons. The SMILES string of the molecule is COc1cc(Br)c(OC)c(C(=O)P(=O)(C(=O)c2c(C)cc(C)c(C)c2C)c2ccccc2)c1OC. The van der Waals surface area contributed by atoms with E-state index in [4.69, 9.17) is 14.2 Å². The second-order valence-corrected chi connectivity index (χ2v) is 11.6. The molecule has 0 aliphatic rings. The maximum Gasteiger partial charge on any atom is 0.249 e. The van der Waals surface area contributed by atoms with Gasteiger partial charge in [-0.3, -0.25) is 9.59 Å². The van der Waals surface area contributed by atoms with Crippen LogP contribution in [0.1, 0.15) is 43.0 Å². The van der Waals surface area contributed by atoms with Gasteiger partial charge in [0.25, 0.3) is 0 Å². The average Bonchev–Trinajstić information content (AvgIpc) is 2.85. The predicted octanol–water partition coefficient (Wildman–Crippen LogP) is 6.38. The standard InChI is InChI=1S/C27H28BrO6P/c1-15-13-16(2)22(18(4)17(15)3)26(29)35(31,19-11-9-8-10-12-19)27(30)23-24(33-6)20(28)14-21(32-5)25(23)34-7/h8-14H,1-7H3. The van der Waals surface area contributed by atoms with Crippen molar-refractivity contribution in [3.05, 3.63) is 80.3 Å². The summed E-state index contributed by atoms with van der Waals surface area (Å²) in [5.74, 6) is 0.370. The van der Waals surface area contributed by atoms with E-state index in [1.54, 1.807) is 31.2 Å². The maximum absolute atomic E-state index is 14.9. The van der Waals surface area contributed by atoms with Gasteiger partial charge in [0, 0.05) is 16.9 Å². The van der Waals surface area contributed by atoms with Crippen molar-refractivity contribution < 1.29 is 28.4 Å². The summed E-state index contributed by atoms with van der Waals surface area (Å²) in [5, 5.41) is 0.134. The Balaban J connectivity index is 2.43. The van der Waals surface area contributed by atoms with E-state index < -0.39 is 18.2 Å². The summed E-state index contributed by atoms with van der Waals surface area (Å²) in [7, 11) is -0.251. The molecule has 0 aromatic heterocycles. The lowest BCUT2D eigenvalue weighted by Gasteiger charge is -2.23. The lowest BCUT2D eigenvalue weighted by atomic mass is 9.95. The van der Waals surface area contributed by atoms with Crippen LogP contribution >= 0.6 is 23.1 Å². The molecule has 0 heterocycles. The molecule has 1 unspecified atom stereocenters. The third-order valence-electron chi connectivity index (χ3n) is 6.26. The molecule has 0 N–H and O–H groups in total. The fourth-order valence-corrected chi connectivity index (χ4v) is 7.22. The van der Waals surface area contributed by atoms with Crippen LogP contribution in [0.15, 0.2) is 46.9 Å². The van der Waals surface area contributed by atoms with Crippen LogP contribution in [0, 0.1) is 27.7 Å². The zero-order valence-electron chi connectivity index (χ0n) is 20.8. The van der Waals surface area contributed by atoms with E-state index in [-0.39, 0.29) is 33.7 Å². The summed E-state index contributed by atoms with van der Waals surface area (Å²) in [6.07, 6.45) is 0. The van der Waals surface area contributed by atoms with Crippen molar-refractivity contribution in [2.45, 2.75) is 27.7 Å². The Bertz CT molecular complexity index is 1360. The predicted molar refractivity (Wildman–Crippen MR) is 142 cm³/mol. The van der Waals surface area contributed by atoms with E-state index in [1.165, 1.54) is 33.5 Å². The van der Waals surface area contributed by atoms with Gasteiger partial charge < -0.3 is 18.8 Å². The van der Waals surface area contributed by atoms with Gasteiger partial charge in [0.05, 0.1) is 25.8 Å². The normalized spacial score (nSPS) is 12.6. The highest BCUT2D eigenvalue weighted by atomic mass is 79.9. The summed E-state index contributed by atoms with van der Waals surface area (Å²) in [5.41, 5.74) is 1.82. The van der Waals surface area contributed by atoms with Gasteiger partial charge in [-0.05, 0) is 65.9 Å². The summed E-state index contributed by atoms with van der Waals surface area (Å²) in [6, 6.07) is 11.6. The van der Waals surface area contributed by atoms with Gasteiger partial charge in [-0.2, -0.15) is 0 Å². The van der Waals surface area contributed by atoms with E-state index in [2.05, 4.69) is 15.9 Å². The number of carbonyl (C=O) groups excluding carboxylic acids is 2. The molecule has 0 fully saturated rings. The van der Waals surface area contributed by atoms with E-state index in [9.17, 15) is 14.2 Å². The van der Waals surface area contributed by atoms with Crippen molar-refractivity contribution in [2.75, 3.05) is 21.3 Å². The van der Waals surface area contributed by atoms with E-state index in [1.807, 2.05) is 26.8 Å². The van der Waals surface area contributed by atoms with Crippen LogP contribution in [0.4, 0.5) is 0 Å². The minimum atomic E-state index is -4.43. The molecule has 3 rings (SSSR count). The van der Waals surface area contributed by atoms with Gasteiger partial charge in [-0.1, -0.05) is 36.4 Å².